The molecule has 0 saturated carbocycles. The van der Waals surface area contributed by atoms with Gasteiger partial charge in [-0.2, -0.15) is 13.2 Å². The zero-order chi connectivity index (χ0) is 18.9. The van der Waals surface area contributed by atoms with Gasteiger partial charge in [-0.25, -0.2) is 0 Å². The van der Waals surface area contributed by atoms with E-state index in [2.05, 4.69) is 5.32 Å². The van der Waals surface area contributed by atoms with Crippen LogP contribution in [0.1, 0.15) is 21.5 Å². The van der Waals surface area contributed by atoms with Crippen LogP contribution in [-0.4, -0.2) is 30.4 Å². The van der Waals surface area contributed by atoms with E-state index in [9.17, 15) is 22.8 Å². The monoisotopic (exact) mass is 364 g/mol. The highest BCUT2D eigenvalue weighted by molar-refractivity contribution is 5.99. The minimum Gasteiger partial charge on any atom is -0.482 e. The van der Waals surface area contributed by atoms with Gasteiger partial charge in [0.1, 0.15) is 5.75 Å². The predicted molar refractivity (Wildman–Crippen MR) is 87.8 cm³/mol. The van der Waals surface area contributed by atoms with Crippen molar-refractivity contribution in [3.63, 3.8) is 0 Å². The second kappa shape index (κ2) is 6.70. The van der Waals surface area contributed by atoms with Gasteiger partial charge in [0.15, 0.2) is 6.61 Å². The van der Waals surface area contributed by atoms with Crippen LogP contribution in [0.3, 0.4) is 0 Å². The molecule has 0 radical (unpaired) electrons. The number of alkyl halides is 3. The molecule has 0 aliphatic carbocycles. The van der Waals surface area contributed by atoms with Gasteiger partial charge in [-0.3, -0.25) is 9.59 Å². The molecule has 0 spiro atoms. The lowest BCUT2D eigenvalue weighted by molar-refractivity contribution is -0.138. The number of rotatable bonds is 3. The van der Waals surface area contributed by atoms with E-state index in [1.165, 1.54) is 42.3 Å². The zero-order valence-electron chi connectivity index (χ0n) is 13.8. The second-order valence-corrected chi connectivity index (χ2v) is 5.86. The molecule has 1 N–H and O–H groups in total. The van der Waals surface area contributed by atoms with E-state index in [4.69, 9.17) is 4.74 Å². The summed E-state index contributed by atoms with van der Waals surface area (Å²) in [7, 11) is 1.42. The molecule has 136 valence electrons. The number of anilines is 1. The number of nitrogens with zero attached hydrogens (tertiary/aromatic N) is 1. The molecule has 1 aliphatic rings. The number of hydrogen-bond acceptors (Lipinski definition) is 3. The Labute approximate surface area is 147 Å². The van der Waals surface area contributed by atoms with Crippen molar-refractivity contribution in [1.29, 1.82) is 0 Å². The van der Waals surface area contributed by atoms with Gasteiger partial charge in [-0.1, -0.05) is 18.2 Å². The van der Waals surface area contributed by atoms with Crippen molar-refractivity contribution in [2.75, 3.05) is 19.0 Å². The van der Waals surface area contributed by atoms with Gasteiger partial charge in [0.2, 0.25) is 0 Å². The Hall–Kier alpha value is -3.03. The Morgan fingerprint density at radius 1 is 1.23 bits per heavy atom. The van der Waals surface area contributed by atoms with Crippen LogP contribution in [0.4, 0.5) is 18.9 Å². The molecule has 2 amide bonds. The third kappa shape index (κ3) is 3.63. The summed E-state index contributed by atoms with van der Waals surface area (Å²) in [5.41, 5.74) is -0.172. The van der Waals surface area contributed by atoms with Gasteiger partial charge in [-0.05, 0) is 29.8 Å². The van der Waals surface area contributed by atoms with Crippen molar-refractivity contribution in [2.45, 2.75) is 12.7 Å². The SMILES string of the molecule is CN(Cc1ccccc1C(F)(F)F)C(=O)c1ccc2c(c1)NC(=O)CO2. The van der Waals surface area contributed by atoms with Gasteiger partial charge < -0.3 is 15.0 Å². The van der Waals surface area contributed by atoms with Crippen LogP contribution in [0.15, 0.2) is 42.5 Å². The van der Waals surface area contributed by atoms with Crippen molar-refractivity contribution in [2.24, 2.45) is 0 Å². The van der Waals surface area contributed by atoms with Crippen LogP contribution in [0.5, 0.6) is 5.75 Å². The Bertz CT molecular complexity index is 865. The number of amides is 2. The third-order valence-corrected chi connectivity index (χ3v) is 3.94. The summed E-state index contributed by atoms with van der Waals surface area (Å²) in [5.74, 6) is -0.370. The Balaban J connectivity index is 1.81. The van der Waals surface area contributed by atoms with E-state index in [1.54, 1.807) is 6.07 Å². The lowest BCUT2D eigenvalue weighted by Crippen LogP contribution is -2.29. The number of carbonyl (C=O) groups is 2. The number of hydrogen-bond donors (Lipinski definition) is 1. The van der Waals surface area contributed by atoms with Gasteiger partial charge in [-0.15, -0.1) is 0 Å². The van der Waals surface area contributed by atoms with E-state index in [-0.39, 0.29) is 30.2 Å². The van der Waals surface area contributed by atoms with Crippen molar-refractivity contribution in [1.82, 2.24) is 4.90 Å². The fourth-order valence-electron chi connectivity index (χ4n) is 2.70. The molecular formula is C18H15F3N2O3. The predicted octanol–water partition coefficient (Wildman–Crippen LogP) is 3.31. The molecule has 1 aliphatic heterocycles. The van der Waals surface area contributed by atoms with Crippen molar-refractivity contribution in [3.8, 4) is 5.75 Å². The summed E-state index contributed by atoms with van der Waals surface area (Å²) < 4.78 is 44.5. The Morgan fingerprint density at radius 2 is 1.96 bits per heavy atom. The number of nitrogens with one attached hydrogen (secondary N) is 1. The fourth-order valence-corrected chi connectivity index (χ4v) is 2.70. The second-order valence-electron chi connectivity index (χ2n) is 5.86. The topological polar surface area (TPSA) is 58.6 Å². The summed E-state index contributed by atoms with van der Waals surface area (Å²) in [5, 5.41) is 2.59. The number of halogens is 3. The first-order chi connectivity index (χ1) is 12.3. The molecule has 0 atom stereocenters. The van der Waals surface area contributed by atoms with Crippen LogP contribution in [-0.2, 0) is 17.5 Å². The summed E-state index contributed by atoms with van der Waals surface area (Å²) in [6.07, 6.45) is -4.49. The molecular weight excluding hydrogens is 349 g/mol. The highest BCUT2D eigenvalue weighted by Crippen LogP contribution is 2.33. The lowest BCUT2D eigenvalue weighted by atomic mass is 10.1. The Kier molecular flexibility index (Phi) is 4.58. The molecule has 0 fully saturated rings. The summed E-state index contributed by atoms with van der Waals surface area (Å²) in [6, 6.07) is 9.62. The van der Waals surface area contributed by atoms with E-state index in [0.717, 1.165) is 6.07 Å². The first kappa shape index (κ1) is 17.8. The van der Waals surface area contributed by atoms with Gasteiger partial charge >= 0.3 is 6.18 Å². The average molecular weight is 364 g/mol. The molecule has 2 aromatic carbocycles. The molecule has 0 unspecified atom stereocenters. The quantitative estimate of drug-likeness (QED) is 0.909. The van der Waals surface area contributed by atoms with Crippen molar-refractivity contribution in [3.05, 3.63) is 59.2 Å². The van der Waals surface area contributed by atoms with E-state index in [0.29, 0.717) is 11.4 Å². The van der Waals surface area contributed by atoms with Crippen molar-refractivity contribution < 1.29 is 27.5 Å². The lowest BCUT2D eigenvalue weighted by Gasteiger charge is -2.22. The molecule has 5 nitrogen and oxygen atoms in total. The van der Waals surface area contributed by atoms with E-state index >= 15 is 0 Å². The fraction of sp³-hybridized carbons (Fsp3) is 0.222. The largest absolute Gasteiger partial charge is 0.482 e. The van der Waals surface area contributed by atoms with Crippen molar-refractivity contribution >= 4 is 17.5 Å². The van der Waals surface area contributed by atoms with Gasteiger partial charge in [0.25, 0.3) is 11.8 Å². The first-order valence-electron chi connectivity index (χ1n) is 7.73. The Morgan fingerprint density at radius 3 is 2.69 bits per heavy atom. The van der Waals surface area contributed by atoms with E-state index in [1.807, 2.05) is 0 Å². The maximum absolute atomic E-state index is 13.1. The number of benzene rings is 2. The molecule has 3 rings (SSSR count). The number of ether oxygens (including phenoxy) is 1. The number of carbonyl (C=O) groups excluding carboxylic acids is 2. The zero-order valence-corrected chi connectivity index (χ0v) is 13.8. The van der Waals surface area contributed by atoms with Gasteiger partial charge in [0.05, 0.1) is 11.3 Å². The smallest absolute Gasteiger partial charge is 0.416 e. The summed E-state index contributed by atoms with van der Waals surface area (Å²) >= 11 is 0. The molecule has 0 aromatic heterocycles. The summed E-state index contributed by atoms with van der Waals surface area (Å²) in [6.45, 7) is -0.303. The molecule has 1 heterocycles. The highest BCUT2D eigenvalue weighted by atomic mass is 19.4. The maximum atomic E-state index is 13.1. The molecule has 2 aromatic rings. The number of fused-ring (bicyclic) bond motifs is 1. The van der Waals surface area contributed by atoms with Crippen LogP contribution in [0.2, 0.25) is 0 Å². The van der Waals surface area contributed by atoms with Gasteiger partial charge in [0, 0.05) is 19.2 Å². The van der Waals surface area contributed by atoms with Crippen LogP contribution < -0.4 is 10.1 Å². The minimum absolute atomic E-state index is 0.00504. The average Bonchev–Trinajstić information content (AvgIpc) is 2.60. The molecule has 0 bridgehead atoms. The highest BCUT2D eigenvalue weighted by Gasteiger charge is 2.33. The van der Waals surface area contributed by atoms with Crippen LogP contribution in [0.25, 0.3) is 0 Å². The molecule has 8 heteroatoms. The van der Waals surface area contributed by atoms with Crippen LogP contribution >= 0.6 is 0 Å². The van der Waals surface area contributed by atoms with E-state index < -0.39 is 17.6 Å². The van der Waals surface area contributed by atoms with Crippen LogP contribution in [0, 0.1) is 0 Å². The molecule has 26 heavy (non-hydrogen) atoms. The normalized spacial score (nSPS) is 13.5. The standard InChI is InChI=1S/C18H15F3N2O3/c1-23(9-12-4-2-3-5-13(12)18(19,20)21)17(25)11-6-7-15-14(8-11)22-16(24)10-26-15/h2-8H,9-10H2,1H3,(H,22,24). The summed E-state index contributed by atoms with van der Waals surface area (Å²) in [4.78, 5) is 25.1. The minimum atomic E-state index is -4.49. The first-order valence-corrected chi connectivity index (χ1v) is 7.73. The third-order valence-electron chi connectivity index (χ3n) is 3.94. The molecule has 0 saturated heterocycles. The maximum Gasteiger partial charge on any atom is 0.416 e.